The Balaban J connectivity index is 0.000000592. The molecule has 0 saturated heterocycles. The van der Waals surface area contributed by atoms with E-state index in [0.717, 1.165) is 17.5 Å². The lowest BCUT2D eigenvalue weighted by Crippen LogP contribution is -2.37. The van der Waals surface area contributed by atoms with E-state index in [1.807, 2.05) is 0 Å². The molecule has 2 aromatic heterocycles. The number of carbonyl (C=O) groups is 3. The standard InChI is InChI=1S/C10H15N3O3S.C8H13N3O2S.H2O/c1-6(14)17-9-7(11-5-12-9)4-8(10(15)16)13(2)3;1-11(2)6(8(12)13)3-5-7(14)10-4-9-5;/h5,8H,4H2,1-3H3,(H,11,12)(H,15,16);4,6,14H,3H2,1-2H3,(H,9,10)(H,12,13);1H2/t8-;6-;/m00./s1. The number of hydrogen-bond acceptors (Lipinski definition) is 9. The Labute approximate surface area is 195 Å². The highest BCUT2D eigenvalue weighted by molar-refractivity contribution is 8.13. The summed E-state index contributed by atoms with van der Waals surface area (Å²) in [5.74, 6) is -1.75. The number of thioether (sulfide) groups is 1. The average molecular weight is 491 g/mol. The Kier molecular flexibility index (Phi) is 12.9. The van der Waals surface area contributed by atoms with Gasteiger partial charge in [0.1, 0.15) is 22.1 Å². The Morgan fingerprint density at radius 3 is 1.78 bits per heavy atom. The number of nitrogens with one attached hydrogen (secondary N) is 2. The summed E-state index contributed by atoms with van der Waals surface area (Å²) in [6.45, 7) is 1.45. The first-order chi connectivity index (χ1) is 14.4. The molecule has 0 radical (unpaired) electrons. The van der Waals surface area contributed by atoms with Crippen molar-refractivity contribution in [2.24, 2.45) is 0 Å². The van der Waals surface area contributed by atoms with E-state index in [4.69, 9.17) is 10.2 Å². The van der Waals surface area contributed by atoms with E-state index >= 15 is 0 Å². The molecule has 2 rings (SSSR count). The van der Waals surface area contributed by atoms with Crippen LogP contribution in [0.1, 0.15) is 18.3 Å². The van der Waals surface area contributed by atoms with E-state index in [9.17, 15) is 14.4 Å². The molecule has 0 saturated carbocycles. The van der Waals surface area contributed by atoms with Crippen molar-refractivity contribution >= 4 is 41.4 Å². The molecule has 6 N–H and O–H groups in total. The van der Waals surface area contributed by atoms with Crippen molar-refractivity contribution in [1.29, 1.82) is 0 Å². The number of carboxylic acid groups (broad SMARTS) is 2. The van der Waals surface area contributed by atoms with Crippen LogP contribution in [-0.2, 0) is 27.2 Å². The molecule has 0 aliphatic heterocycles. The second-order valence-corrected chi connectivity index (χ2v) is 8.62. The quantitative estimate of drug-likeness (QED) is 0.237. The lowest BCUT2D eigenvalue weighted by Gasteiger charge is -2.19. The van der Waals surface area contributed by atoms with Gasteiger partial charge in [-0.25, -0.2) is 9.97 Å². The van der Waals surface area contributed by atoms with E-state index < -0.39 is 24.0 Å². The molecule has 0 aliphatic rings. The van der Waals surface area contributed by atoms with Gasteiger partial charge in [0, 0.05) is 19.8 Å². The Hall–Kier alpha value is -2.39. The summed E-state index contributed by atoms with van der Waals surface area (Å²) in [7, 11) is 6.86. The molecule has 14 heteroatoms. The number of aliphatic carboxylic acids is 2. The maximum absolute atomic E-state index is 11.1. The van der Waals surface area contributed by atoms with E-state index in [1.54, 1.807) is 38.0 Å². The first-order valence-electron chi connectivity index (χ1n) is 9.14. The van der Waals surface area contributed by atoms with Gasteiger partial charge in [-0.3, -0.25) is 24.2 Å². The van der Waals surface area contributed by atoms with Crippen molar-refractivity contribution in [3.8, 4) is 0 Å². The summed E-state index contributed by atoms with van der Waals surface area (Å²) < 4.78 is 0. The van der Waals surface area contributed by atoms with Gasteiger partial charge in [0.15, 0.2) is 5.12 Å². The Bertz CT molecular complexity index is 885. The predicted octanol–water partition coefficient (Wildman–Crippen LogP) is 0.0366. The van der Waals surface area contributed by atoms with E-state index in [1.165, 1.54) is 19.6 Å². The number of imidazole rings is 2. The summed E-state index contributed by atoms with van der Waals surface area (Å²) >= 11 is 5.11. The molecule has 0 aliphatic carbocycles. The van der Waals surface area contributed by atoms with Gasteiger partial charge >= 0.3 is 11.9 Å². The first kappa shape index (κ1) is 29.6. The van der Waals surface area contributed by atoms with Crippen molar-refractivity contribution in [2.75, 3.05) is 28.2 Å². The fourth-order valence-corrected chi connectivity index (χ4v) is 3.37. The lowest BCUT2D eigenvalue weighted by molar-refractivity contribution is -0.143. The Morgan fingerprint density at radius 1 is 0.969 bits per heavy atom. The van der Waals surface area contributed by atoms with Crippen LogP contribution in [0.15, 0.2) is 22.7 Å². The number of rotatable bonds is 9. The second kappa shape index (κ2) is 13.9. The third kappa shape index (κ3) is 9.40. The zero-order chi connectivity index (χ0) is 23.7. The van der Waals surface area contributed by atoms with Crippen molar-refractivity contribution in [3.05, 3.63) is 24.0 Å². The summed E-state index contributed by atoms with van der Waals surface area (Å²) in [5.41, 5.74) is 1.42. The molecule has 2 heterocycles. The third-order valence-electron chi connectivity index (χ3n) is 4.23. The van der Waals surface area contributed by atoms with Crippen LogP contribution in [0.2, 0.25) is 0 Å². The molecule has 0 bridgehead atoms. The number of carboxylic acids is 2. The molecule has 2 aromatic rings. The summed E-state index contributed by atoms with van der Waals surface area (Å²) in [6.07, 6.45) is 3.64. The number of thiol groups is 1. The van der Waals surface area contributed by atoms with Gasteiger partial charge in [-0.15, -0.1) is 12.6 Å². The van der Waals surface area contributed by atoms with Gasteiger partial charge in [-0.05, 0) is 40.0 Å². The van der Waals surface area contributed by atoms with Crippen molar-refractivity contribution in [2.45, 2.75) is 41.9 Å². The number of hydrogen-bond donors (Lipinski definition) is 5. The van der Waals surface area contributed by atoms with Crippen LogP contribution in [0.5, 0.6) is 0 Å². The fourth-order valence-electron chi connectivity index (χ4n) is 2.51. The molecule has 180 valence electrons. The zero-order valence-corrected chi connectivity index (χ0v) is 20.2. The smallest absolute Gasteiger partial charge is 0.321 e. The minimum Gasteiger partial charge on any atom is -0.480 e. The van der Waals surface area contributed by atoms with Crippen LogP contribution in [0.3, 0.4) is 0 Å². The van der Waals surface area contributed by atoms with Crippen molar-refractivity contribution < 1.29 is 30.1 Å². The third-order valence-corrected chi connectivity index (χ3v) is 5.44. The molecule has 12 nitrogen and oxygen atoms in total. The molecule has 0 amide bonds. The molecule has 2 atom stereocenters. The topological polar surface area (TPSA) is 187 Å². The molecule has 0 aromatic carbocycles. The van der Waals surface area contributed by atoms with Gasteiger partial charge in [0.2, 0.25) is 0 Å². The zero-order valence-electron chi connectivity index (χ0n) is 18.5. The molecular weight excluding hydrogens is 460 g/mol. The first-order valence-corrected chi connectivity index (χ1v) is 10.4. The molecular formula is C18H30N6O6S2. The molecule has 0 unspecified atom stereocenters. The summed E-state index contributed by atoms with van der Waals surface area (Å²) in [5, 5.41) is 19.0. The largest absolute Gasteiger partial charge is 0.480 e. The number of likely N-dealkylation sites (N-methyl/N-ethyl adjacent to an activating group) is 2. The predicted molar refractivity (Wildman–Crippen MR) is 122 cm³/mol. The minimum absolute atomic E-state index is 0. The number of aromatic amines is 2. The highest BCUT2D eigenvalue weighted by atomic mass is 32.2. The number of H-pyrrole nitrogens is 2. The van der Waals surface area contributed by atoms with Crippen molar-refractivity contribution in [1.82, 2.24) is 29.7 Å². The second-order valence-electron chi connectivity index (χ2n) is 7.03. The maximum Gasteiger partial charge on any atom is 0.321 e. The number of nitrogens with zero attached hydrogens (tertiary/aromatic N) is 4. The van der Waals surface area contributed by atoms with Gasteiger partial charge in [-0.2, -0.15) is 0 Å². The highest BCUT2D eigenvalue weighted by Crippen LogP contribution is 2.21. The monoisotopic (exact) mass is 490 g/mol. The SMILES string of the molecule is CC(=O)Sc1nc[nH]c1C[C@@H](C(=O)O)N(C)C.CN(C)[C@@H](Cc1[nH]cnc1S)C(=O)O.O. The van der Waals surface area contributed by atoms with Crippen molar-refractivity contribution in [3.63, 3.8) is 0 Å². The summed E-state index contributed by atoms with van der Waals surface area (Å²) in [6, 6.07) is -1.19. The number of carbonyl (C=O) groups excluding carboxylic acids is 1. The van der Waals surface area contributed by atoms with Crippen LogP contribution >= 0.6 is 24.4 Å². The van der Waals surface area contributed by atoms with E-state index in [-0.39, 0.29) is 17.0 Å². The van der Waals surface area contributed by atoms with Crippen LogP contribution < -0.4 is 0 Å². The number of aromatic nitrogens is 4. The molecule has 0 spiro atoms. The fraction of sp³-hybridized carbons (Fsp3) is 0.500. The van der Waals surface area contributed by atoms with Crippen LogP contribution in [-0.4, -0.2) is 103 Å². The molecule has 0 fully saturated rings. The van der Waals surface area contributed by atoms with E-state index in [2.05, 4.69) is 32.6 Å². The van der Waals surface area contributed by atoms with Crippen LogP contribution in [0.4, 0.5) is 0 Å². The highest BCUT2D eigenvalue weighted by Gasteiger charge is 2.23. The average Bonchev–Trinajstić information content (AvgIpc) is 3.25. The van der Waals surface area contributed by atoms with Gasteiger partial charge in [0.25, 0.3) is 0 Å². The van der Waals surface area contributed by atoms with Crippen LogP contribution in [0, 0.1) is 0 Å². The minimum atomic E-state index is -0.900. The Morgan fingerprint density at radius 2 is 1.41 bits per heavy atom. The van der Waals surface area contributed by atoms with Gasteiger partial charge < -0.3 is 25.7 Å². The van der Waals surface area contributed by atoms with E-state index in [0.29, 0.717) is 22.2 Å². The molecule has 32 heavy (non-hydrogen) atoms. The normalized spacial score (nSPS) is 12.5. The maximum atomic E-state index is 11.1. The summed E-state index contributed by atoms with van der Waals surface area (Å²) in [4.78, 5) is 49.8. The van der Waals surface area contributed by atoms with Crippen LogP contribution in [0.25, 0.3) is 0 Å². The van der Waals surface area contributed by atoms with Gasteiger partial charge in [0.05, 0.1) is 24.0 Å². The van der Waals surface area contributed by atoms with Gasteiger partial charge in [-0.1, -0.05) is 0 Å². The lowest BCUT2D eigenvalue weighted by atomic mass is 10.1.